The fourth-order valence-corrected chi connectivity index (χ4v) is 2.19. The number of carboxylic acids is 1. The first-order valence-corrected chi connectivity index (χ1v) is 5.83. The molecule has 1 aliphatic carbocycles. The Hall–Kier alpha value is -1.72. The minimum atomic E-state index is -2.63. The van der Waals surface area contributed by atoms with Gasteiger partial charge in [-0.05, 0) is 25.0 Å². The topological polar surface area (TPSA) is 53.4 Å². The Morgan fingerprint density at radius 2 is 2.06 bits per heavy atom. The zero-order valence-electron chi connectivity index (χ0n) is 9.57. The SMILES string of the molecule is O=C(O)c1ccc(N2CC(F)(F)C2)c(C2CC2)n1. The number of rotatable bonds is 3. The minimum absolute atomic E-state index is 0.0204. The van der Waals surface area contributed by atoms with E-state index in [2.05, 4.69) is 4.98 Å². The highest BCUT2D eigenvalue weighted by atomic mass is 19.3. The third-order valence-corrected chi connectivity index (χ3v) is 3.27. The molecule has 1 aromatic rings. The van der Waals surface area contributed by atoms with Crippen molar-refractivity contribution in [1.29, 1.82) is 0 Å². The second kappa shape index (κ2) is 3.63. The third-order valence-electron chi connectivity index (χ3n) is 3.27. The highest BCUT2D eigenvalue weighted by molar-refractivity contribution is 5.86. The number of aromatic nitrogens is 1. The van der Waals surface area contributed by atoms with Gasteiger partial charge < -0.3 is 10.0 Å². The van der Waals surface area contributed by atoms with E-state index < -0.39 is 11.9 Å². The minimum Gasteiger partial charge on any atom is -0.477 e. The van der Waals surface area contributed by atoms with Gasteiger partial charge in [0, 0.05) is 5.92 Å². The van der Waals surface area contributed by atoms with Gasteiger partial charge >= 0.3 is 5.97 Å². The molecule has 4 nitrogen and oxygen atoms in total. The first kappa shape index (κ1) is 11.4. The average molecular weight is 254 g/mol. The van der Waals surface area contributed by atoms with Gasteiger partial charge in [0.05, 0.1) is 24.5 Å². The van der Waals surface area contributed by atoms with E-state index in [1.54, 1.807) is 11.0 Å². The largest absolute Gasteiger partial charge is 0.477 e. The van der Waals surface area contributed by atoms with Crippen LogP contribution in [0.4, 0.5) is 14.5 Å². The Kier molecular flexibility index (Phi) is 2.30. The van der Waals surface area contributed by atoms with Crippen molar-refractivity contribution in [2.75, 3.05) is 18.0 Å². The Morgan fingerprint density at radius 3 is 2.56 bits per heavy atom. The molecule has 0 unspecified atom stereocenters. The maximum Gasteiger partial charge on any atom is 0.354 e. The van der Waals surface area contributed by atoms with Crippen LogP contribution in [0, 0.1) is 0 Å². The molecule has 1 saturated carbocycles. The number of carbonyl (C=O) groups is 1. The summed E-state index contributed by atoms with van der Waals surface area (Å²) >= 11 is 0. The summed E-state index contributed by atoms with van der Waals surface area (Å²) in [5.41, 5.74) is 1.30. The van der Waals surface area contributed by atoms with E-state index in [0.29, 0.717) is 11.4 Å². The van der Waals surface area contributed by atoms with Crippen molar-refractivity contribution in [1.82, 2.24) is 4.98 Å². The molecule has 96 valence electrons. The van der Waals surface area contributed by atoms with Crippen LogP contribution >= 0.6 is 0 Å². The Labute approximate surface area is 102 Å². The lowest BCUT2D eigenvalue weighted by atomic mass is 10.1. The van der Waals surface area contributed by atoms with Gasteiger partial charge in [0.1, 0.15) is 5.69 Å². The maximum atomic E-state index is 12.9. The van der Waals surface area contributed by atoms with Gasteiger partial charge in [-0.3, -0.25) is 0 Å². The molecule has 2 heterocycles. The number of halogens is 2. The molecule has 6 heteroatoms. The Balaban J connectivity index is 1.92. The molecule has 2 fully saturated rings. The highest BCUT2D eigenvalue weighted by Gasteiger charge is 2.45. The summed E-state index contributed by atoms with van der Waals surface area (Å²) in [6, 6.07) is 2.97. The summed E-state index contributed by atoms with van der Waals surface area (Å²) in [5.74, 6) is -3.49. The fourth-order valence-electron chi connectivity index (χ4n) is 2.19. The van der Waals surface area contributed by atoms with Crippen LogP contribution in [0.3, 0.4) is 0 Å². The van der Waals surface area contributed by atoms with Gasteiger partial charge in [-0.2, -0.15) is 0 Å². The molecule has 2 aliphatic rings. The standard InChI is InChI=1S/C12H12F2N2O2/c13-12(14)5-16(6-12)9-4-3-8(11(17)18)15-10(9)7-1-2-7/h3-4,7H,1-2,5-6H2,(H,17,18). The quantitative estimate of drug-likeness (QED) is 0.897. The van der Waals surface area contributed by atoms with Gasteiger partial charge in [-0.25, -0.2) is 18.6 Å². The summed E-state index contributed by atoms with van der Waals surface area (Å²) in [6.45, 7) is -0.609. The lowest BCUT2D eigenvalue weighted by Crippen LogP contribution is -2.56. The number of hydrogen-bond donors (Lipinski definition) is 1. The molecule has 0 amide bonds. The van der Waals surface area contributed by atoms with Gasteiger partial charge in [0.15, 0.2) is 0 Å². The molecule has 1 N–H and O–H groups in total. The van der Waals surface area contributed by atoms with Crippen LogP contribution in [-0.4, -0.2) is 35.1 Å². The van der Waals surface area contributed by atoms with Crippen molar-refractivity contribution in [3.8, 4) is 0 Å². The number of carboxylic acid groups (broad SMARTS) is 1. The summed E-state index contributed by atoms with van der Waals surface area (Å²) in [7, 11) is 0. The van der Waals surface area contributed by atoms with Crippen LogP contribution in [0.2, 0.25) is 0 Å². The molecule has 1 aliphatic heterocycles. The van der Waals surface area contributed by atoms with E-state index in [1.807, 2.05) is 0 Å². The molecule has 0 aromatic carbocycles. The predicted molar refractivity (Wildman–Crippen MR) is 60.3 cm³/mol. The average Bonchev–Trinajstić information content (AvgIpc) is 3.08. The van der Waals surface area contributed by atoms with Crippen molar-refractivity contribution >= 4 is 11.7 Å². The molecule has 18 heavy (non-hydrogen) atoms. The molecule has 0 bridgehead atoms. The van der Waals surface area contributed by atoms with Crippen molar-refractivity contribution < 1.29 is 18.7 Å². The molecule has 0 atom stereocenters. The first-order valence-electron chi connectivity index (χ1n) is 5.83. The van der Waals surface area contributed by atoms with E-state index >= 15 is 0 Å². The number of pyridine rings is 1. The van der Waals surface area contributed by atoms with E-state index in [4.69, 9.17) is 5.11 Å². The zero-order valence-corrected chi connectivity index (χ0v) is 9.57. The van der Waals surface area contributed by atoms with Gasteiger partial charge in [-0.15, -0.1) is 0 Å². The monoisotopic (exact) mass is 254 g/mol. The van der Waals surface area contributed by atoms with Crippen LogP contribution in [0.25, 0.3) is 0 Å². The number of alkyl halides is 2. The molecular formula is C12H12F2N2O2. The van der Waals surface area contributed by atoms with E-state index in [-0.39, 0.29) is 24.7 Å². The molecule has 1 saturated heterocycles. The normalized spacial score (nSPS) is 21.6. The Morgan fingerprint density at radius 1 is 1.39 bits per heavy atom. The number of nitrogens with zero attached hydrogens (tertiary/aromatic N) is 2. The van der Waals surface area contributed by atoms with Crippen LogP contribution in [0.1, 0.15) is 34.9 Å². The van der Waals surface area contributed by atoms with Gasteiger partial charge in [0.2, 0.25) is 0 Å². The van der Waals surface area contributed by atoms with E-state index in [9.17, 15) is 13.6 Å². The molecule has 0 spiro atoms. The molecule has 0 radical (unpaired) electrons. The second-order valence-corrected chi connectivity index (χ2v) is 4.89. The number of aromatic carboxylic acids is 1. The Bertz CT molecular complexity index is 507. The van der Waals surface area contributed by atoms with Gasteiger partial charge in [0.25, 0.3) is 5.92 Å². The van der Waals surface area contributed by atoms with Crippen LogP contribution < -0.4 is 4.90 Å². The van der Waals surface area contributed by atoms with Crippen molar-refractivity contribution in [3.63, 3.8) is 0 Å². The molecule has 3 rings (SSSR count). The van der Waals surface area contributed by atoms with E-state index in [1.165, 1.54) is 6.07 Å². The number of hydrogen-bond acceptors (Lipinski definition) is 3. The summed E-state index contributed by atoms with van der Waals surface area (Å²) in [5, 5.41) is 8.90. The summed E-state index contributed by atoms with van der Waals surface area (Å²) < 4.78 is 25.7. The van der Waals surface area contributed by atoms with Crippen molar-refractivity contribution in [3.05, 3.63) is 23.5 Å². The van der Waals surface area contributed by atoms with Crippen LogP contribution in [0.15, 0.2) is 12.1 Å². The van der Waals surface area contributed by atoms with Crippen LogP contribution in [-0.2, 0) is 0 Å². The highest BCUT2D eigenvalue weighted by Crippen LogP contribution is 2.45. The van der Waals surface area contributed by atoms with E-state index in [0.717, 1.165) is 12.8 Å². The first-order chi connectivity index (χ1) is 8.46. The van der Waals surface area contributed by atoms with Crippen LogP contribution in [0.5, 0.6) is 0 Å². The molecular weight excluding hydrogens is 242 g/mol. The third kappa shape index (κ3) is 1.91. The summed E-state index contributed by atoms with van der Waals surface area (Å²) in [6.07, 6.45) is 1.90. The smallest absolute Gasteiger partial charge is 0.354 e. The molecule has 1 aromatic heterocycles. The van der Waals surface area contributed by atoms with Crippen molar-refractivity contribution in [2.24, 2.45) is 0 Å². The zero-order chi connectivity index (χ0) is 12.9. The lowest BCUT2D eigenvalue weighted by Gasteiger charge is -2.41. The maximum absolute atomic E-state index is 12.9. The van der Waals surface area contributed by atoms with Crippen molar-refractivity contribution in [2.45, 2.75) is 24.7 Å². The van der Waals surface area contributed by atoms with Gasteiger partial charge in [-0.1, -0.05) is 0 Å². The fraction of sp³-hybridized carbons (Fsp3) is 0.500. The predicted octanol–water partition coefficient (Wildman–Crippen LogP) is 2.11. The summed E-state index contributed by atoms with van der Waals surface area (Å²) in [4.78, 5) is 16.5. The number of anilines is 1. The lowest BCUT2D eigenvalue weighted by molar-refractivity contribution is -0.0263. The second-order valence-electron chi connectivity index (χ2n) is 4.89.